The van der Waals surface area contributed by atoms with Crippen LogP contribution in [0.25, 0.3) is 0 Å². The highest BCUT2D eigenvalue weighted by Gasteiger charge is 2.48. The van der Waals surface area contributed by atoms with Crippen LogP contribution >= 0.6 is 0 Å². The molecule has 4 aliphatic rings. The standard InChI is InChI=1S/C14H24N2O/c1-16(2)8-13(17)15-14-11-4-9-3-10(6-11)7-12(14)5-9/h9-12,14H,3-8H2,1-2H3,(H,15,17)/p+1. The molecule has 4 rings (SSSR count). The first-order chi connectivity index (χ1) is 8.11. The number of likely N-dealkylation sites (N-methyl/N-ethyl adjacent to an activating group) is 1. The molecule has 0 spiro atoms. The van der Waals surface area contributed by atoms with Gasteiger partial charge in [0.25, 0.3) is 5.91 Å². The van der Waals surface area contributed by atoms with Crippen molar-refractivity contribution in [3.05, 3.63) is 0 Å². The van der Waals surface area contributed by atoms with E-state index in [2.05, 4.69) is 5.32 Å². The van der Waals surface area contributed by atoms with E-state index in [0.717, 1.165) is 23.7 Å². The van der Waals surface area contributed by atoms with E-state index in [-0.39, 0.29) is 5.91 Å². The summed E-state index contributed by atoms with van der Waals surface area (Å²) in [7, 11) is 4.08. The molecule has 4 fully saturated rings. The van der Waals surface area contributed by atoms with Crippen molar-refractivity contribution < 1.29 is 9.69 Å². The number of quaternary nitrogens is 1. The monoisotopic (exact) mass is 237 g/mol. The Morgan fingerprint density at radius 3 is 2.06 bits per heavy atom. The first kappa shape index (κ1) is 11.5. The zero-order valence-corrected chi connectivity index (χ0v) is 11.0. The molecular weight excluding hydrogens is 212 g/mol. The molecule has 0 saturated heterocycles. The molecule has 0 aromatic carbocycles. The minimum absolute atomic E-state index is 0.252. The summed E-state index contributed by atoms with van der Waals surface area (Å²) in [5.74, 6) is 3.83. The van der Waals surface area contributed by atoms with Crippen molar-refractivity contribution in [2.45, 2.75) is 38.1 Å². The molecule has 0 atom stereocenters. The summed E-state index contributed by atoms with van der Waals surface area (Å²) in [6, 6.07) is 0.509. The van der Waals surface area contributed by atoms with E-state index in [0.29, 0.717) is 12.6 Å². The van der Waals surface area contributed by atoms with Gasteiger partial charge in [0.05, 0.1) is 14.1 Å². The quantitative estimate of drug-likeness (QED) is 0.716. The zero-order valence-electron chi connectivity index (χ0n) is 11.0. The fraction of sp³-hybridized carbons (Fsp3) is 0.929. The summed E-state index contributed by atoms with van der Waals surface area (Å²) in [6.07, 6.45) is 7.01. The third kappa shape index (κ3) is 2.22. The van der Waals surface area contributed by atoms with Gasteiger partial charge in [-0.2, -0.15) is 0 Å². The second-order valence-corrected chi connectivity index (χ2v) is 6.91. The van der Waals surface area contributed by atoms with Crippen LogP contribution in [-0.4, -0.2) is 32.6 Å². The molecule has 0 aliphatic heterocycles. The van der Waals surface area contributed by atoms with Gasteiger partial charge < -0.3 is 10.2 Å². The average molecular weight is 237 g/mol. The van der Waals surface area contributed by atoms with Crippen molar-refractivity contribution in [3.8, 4) is 0 Å². The Bertz CT molecular complexity index is 285. The molecular formula is C14H25N2O+. The second-order valence-electron chi connectivity index (χ2n) is 6.91. The average Bonchev–Trinajstić information content (AvgIpc) is 2.21. The van der Waals surface area contributed by atoms with Gasteiger partial charge in [0.2, 0.25) is 0 Å². The summed E-state index contributed by atoms with van der Waals surface area (Å²) < 4.78 is 0. The minimum Gasteiger partial charge on any atom is -0.348 e. The third-order valence-electron chi connectivity index (χ3n) is 5.07. The van der Waals surface area contributed by atoms with Gasteiger partial charge in [0.15, 0.2) is 6.54 Å². The molecule has 1 amide bonds. The lowest BCUT2D eigenvalue weighted by Crippen LogP contribution is -3.07. The van der Waals surface area contributed by atoms with Crippen LogP contribution in [0.1, 0.15) is 32.1 Å². The van der Waals surface area contributed by atoms with Crippen LogP contribution in [0, 0.1) is 23.7 Å². The number of nitrogens with one attached hydrogen (secondary N) is 2. The summed E-state index contributed by atoms with van der Waals surface area (Å²) >= 11 is 0. The first-order valence-corrected chi connectivity index (χ1v) is 7.20. The molecule has 4 bridgehead atoms. The van der Waals surface area contributed by atoms with Crippen LogP contribution in [-0.2, 0) is 4.79 Å². The van der Waals surface area contributed by atoms with Crippen LogP contribution in [0.15, 0.2) is 0 Å². The number of amides is 1. The Hall–Kier alpha value is -0.570. The van der Waals surface area contributed by atoms with E-state index >= 15 is 0 Å². The van der Waals surface area contributed by atoms with E-state index in [4.69, 9.17) is 0 Å². The molecule has 96 valence electrons. The Morgan fingerprint density at radius 1 is 1.06 bits per heavy atom. The van der Waals surface area contributed by atoms with Crippen molar-refractivity contribution in [1.29, 1.82) is 0 Å². The fourth-order valence-electron chi connectivity index (χ4n) is 4.72. The van der Waals surface area contributed by atoms with Crippen LogP contribution in [0.3, 0.4) is 0 Å². The van der Waals surface area contributed by atoms with Crippen molar-refractivity contribution >= 4 is 5.91 Å². The van der Waals surface area contributed by atoms with Gasteiger partial charge in [-0.3, -0.25) is 4.79 Å². The van der Waals surface area contributed by atoms with Gasteiger partial charge in [0, 0.05) is 6.04 Å². The minimum atomic E-state index is 0.252. The summed E-state index contributed by atoms with van der Waals surface area (Å²) in [5.41, 5.74) is 0. The molecule has 0 aromatic rings. The lowest BCUT2D eigenvalue weighted by molar-refractivity contribution is -0.849. The molecule has 4 aliphatic carbocycles. The predicted molar refractivity (Wildman–Crippen MR) is 66.7 cm³/mol. The van der Waals surface area contributed by atoms with E-state index in [1.54, 1.807) is 0 Å². The smallest absolute Gasteiger partial charge is 0.275 e. The van der Waals surface area contributed by atoms with Crippen molar-refractivity contribution in [1.82, 2.24) is 5.32 Å². The van der Waals surface area contributed by atoms with Crippen LogP contribution < -0.4 is 10.2 Å². The Balaban J connectivity index is 1.62. The molecule has 0 aromatic heterocycles. The van der Waals surface area contributed by atoms with Crippen molar-refractivity contribution in [3.63, 3.8) is 0 Å². The summed E-state index contributed by atoms with van der Waals surface area (Å²) in [4.78, 5) is 13.1. The Kier molecular flexibility index (Phi) is 2.89. The molecule has 3 nitrogen and oxygen atoms in total. The molecule has 2 N–H and O–H groups in total. The van der Waals surface area contributed by atoms with Gasteiger partial charge in [-0.1, -0.05) is 0 Å². The van der Waals surface area contributed by atoms with Crippen LogP contribution in [0.4, 0.5) is 0 Å². The van der Waals surface area contributed by atoms with Gasteiger partial charge in [-0.05, 0) is 55.8 Å². The Labute approximate surface area is 104 Å². The van der Waals surface area contributed by atoms with E-state index < -0.39 is 0 Å². The summed E-state index contributed by atoms with van der Waals surface area (Å²) in [5, 5.41) is 3.33. The molecule has 17 heavy (non-hydrogen) atoms. The van der Waals surface area contributed by atoms with Crippen LogP contribution in [0.5, 0.6) is 0 Å². The van der Waals surface area contributed by atoms with Gasteiger partial charge in [-0.15, -0.1) is 0 Å². The molecule has 3 heteroatoms. The lowest BCUT2D eigenvalue weighted by atomic mass is 9.54. The normalized spacial score (nSPS) is 43.1. The highest BCUT2D eigenvalue weighted by Crippen LogP contribution is 2.53. The molecule has 0 unspecified atom stereocenters. The number of carbonyl (C=O) groups is 1. The molecule has 0 heterocycles. The first-order valence-electron chi connectivity index (χ1n) is 7.20. The number of hydrogen-bond acceptors (Lipinski definition) is 1. The lowest BCUT2D eigenvalue weighted by Gasteiger charge is -2.54. The van der Waals surface area contributed by atoms with Gasteiger partial charge in [0.1, 0.15) is 0 Å². The molecule has 4 saturated carbocycles. The predicted octanol–water partition coefficient (Wildman–Crippen LogP) is 0.0718. The van der Waals surface area contributed by atoms with Crippen LogP contribution in [0.2, 0.25) is 0 Å². The zero-order chi connectivity index (χ0) is 12.0. The number of rotatable bonds is 3. The highest BCUT2D eigenvalue weighted by atomic mass is 16.2. The highest BCUT2D eigenvalue weighted by molar-refractivity contribution is 5.77. The number of hydrogen-bond donors (Lipinski definition) is 2. The van der Waals surface area contributed by atoms with Gasteiger partial charge in [-0.25, -0.2) is 0 Å². The summed E-state index contributed by atoms with van der Waals surface area (Å²) in [6.45, 7) is 0.614. The van der Waals surface area contributed by atoms with E-state index in [1.807, 2.05) is 14.1 Å². The maximum atomic E-state index is 11.9. The van der Waals surface area contributed by atoms with Crippen molar-refractivity contribution in [2.24, 2.45) is 23.7 Å². The number of carbonyl (C=O) groups excluding carboxylic acids is 1. The maximum absolute atomic E-state index is 11.9. The maximum Gasteiger partial charge on any atom is 0.275 e. The topological polar surface area (TPSA) is 33.5 Å². The van der Waals surface area contributed by atoms with Crippen molar-refractivity contribution in [2.75, 3.05) is 20.6 Å². The molecule has 0 radical (unpaired) electrons. The fourth-order valence-corrected chi connectivity index (χ4v) is 4.72. The SMILES string of the molecule is C[NH+](C)CC(=O)NC1C2CC3CC(C2)CC1C3. The Morgan fingerprint density at radius 2 is 1.59 bits per heavy atom. The van der Waals surface area contributed by atoms with Gasteiger partial charge >= 0.3 is 0 Å². The van der Waals surface area contributed by atoms with E-state index in [1.165, 1.54) is 37.0 Å². The second kappa shape index (κ2) is 4.27. The van der Waals surface area contributed by atoms with E-state index in [9.17, 15) is 4.79 Å². The third-order valence-corrected chi connectivity index (χ3v) is 5.07. The largest absolute Gasteiger partial charge is 0.348 e.